The molecular weight excluding hydrogens is 332 g/mol. The fraction of sp³-hybridized carbons (Fsp3) is 0.368. The highest BCUT2D eigenvalue weighted by molar-refractivity contribution is 7.00. The van der Waals surface area contributed by atoms with Gasteiger partial charge in [-0.25, -0.2) is 0 Å². The van der Waals surface area contributed by atoms with Crippen molar-refractivity contribution in [3.05, 3.63) is 48.0 Å². The summed E-state index contributed by atoms with van der Waals surface area (Å²) in [5.74, 6) is 0.905. The van der Waals surface area contributed by atoms with E-state index in [0.29, 0.717) is 6.04 Å². The van der Waals surface area contributed by atoms with Crippen molar-refractivity contribution in [1.82, 2.24) is 13.6 Å². The van der Waals surface area contributed by atoms with E-state index in [2.05, 4.69) is 55.8 Å². The Kier molecular flexibility index (Phi) is 4.55. The molecule has 0 unspecified atom stereocenters. The largest absolute Gasteiger partial charge is 0.497 e. The maximum atomic E-state index is 5.25. The van der Waals surface area contributed by atoms with Crippen LogP contribution in [0.2, 0.25) is 0 Å². The average molecular weight is 354 g/mol. The second-order valence-corrected chi connectivity index (χ2v) is 7.08. The van der Waals surface area contributed by atoms with E-state index >= 15 is 0 Å². The van der Waals surface area contributed by atoms with Gasteiger partial charge in [-0.1, -0.05) is 6.07 Å². The van der Waals surface area contributed by atoms with Gasteiger partial charge in [0.2, 0.25) is 0 Å². The maximum Gasteiger partial charge on any atom is 0.119 e. The maximum absolute atomic E-state index is 5.25. The molecule has 1 atom stereocenters. The molecule has 1 aromatic heterocycles. The summed E-state index contributed by atoms with van der Waals surface area (Å²) in [6.45, 7) is 6.40. The number of nitrogens with zero attached hydrogens (tertiary/aromatic N) is 4. The molecule has 0 radical (unpaired) electrons. The fourth-order valence-electron chi connectivity index (χ4n) is 3.42. The summed E-state index contributed by atoms with van der Waals surface area (Å²) >= 11 is 1.28. The Hall–Kier alpha value is -2.18. The van der Waals surface area contributed by atoms with Gasteiger partial charge in [0.15, 0.2) is 0 Å². The third kappa shape index (κ3) is 3.45. The summed E-state index contributed by atoms with van der Waals surface area (Å²) in [5.41, 5.74) is 4.57. The summed E-state index contributed by atoms with van der Waals surface area (Å²) in [4.78, 5) is 5.00. The number of hydrogen-bond donors (Lipinski definition) is 0. The summed E-state index contributed by atoms with van der Waals surface area (Å²) in [6.07, 6.45) is 0. The van der Waals surface area contributed by atoms with Gasteiger partial charge in [0.25, 0.3) is 0 Å². The van der Waals surface area contributed by atoms with Crippen molar-refractivity contribution in [2.75, 3.05) is 31.6 Å². The molecule has 1 aliphatic rings. The molecule has 1 fully saturated rings. The van der Waals surface area contributed by atoms with Gasteiger partial charge in [0, 0.05) is 37.9 Å². The Morgan fingerprint density at radius 2 is 1.88 bits per heavy atom. The van der Waals surface area contributed by atoms with Crippen LogP contribution in [0, 0.1) is 0 Å². The molecule has 6 heteroatoms. The van der Waals surface area contributed by atoms with Crippen molar-refractivity contribution < 1.29 is 4.74 Å². The summed E-state index contributed by atoms with van der Waals surface area (Å²) < 4.78 is 13.9. The fourth-order valence-corrected chi connectivity index (χ4v) is 3.94. The molecule has 1 aliphatic heterocycles. The van der Waals surface area contributed by atoms with Crippen LogP contribution in [0.25, 0.3) is 11.0 Å². The van der Waals surface area contributed by atoms with E-state index in [4.69, 9.17) is 4.74 Å². The summed E-state index contributed by atoms with van der Waals surface area (Å²) in [7, 11) is 1.70. The van der Waals surface area contributed by atoms with E-state index in [1.54, 1.807) is 7.11 Å². The highest BCUT2D eigenvalue weighted by Crippen LogP contribution is 2.23. The third-order valence-electron chi connectivity index (χ3n) is 4.91. The second-order valence-electron chi connectivity index (χ2n) is 6.55. The van der Waals surface area contributed by atoms with Crippen LogP contribution in [0.3, 0.4) is 0 Å². The zero-order valence-corrected chi connectivity index (χ0v) is 15.4. The minimum absolute atomic E-state index is 0.500. The highest BCUT2D eigenvalue weighted by atomic mass is 32.1. The second kappa shape index (κ2) is 6.98. The van der Waals surface area contributed by atoms with Crippen molar-refractivity contribution in [1.29, 1.82) is 0 Å². The van der Waals surface area contributed by atoms with Crippen LogP contribution in [-0.4, -0.2) is 46.4 Å². The molecule has 0 bridgehead atoms. The van der Waals surface area contributed by atoms with Gasteiger partial charge in [-0.15, -0.1) is 0 Å². The number of rotatable bonds is 4. The highest BCUT2D eigenvalue weighted by Gasteiger charge is 2.24. The standard InChI is InChI=1S/C19H22N4OS/c1-14-12-23(16-4-6-17(24-2)7-5-16)10-9-22(14)13-15-3-8-18-19(11-15)21-25-20-18/h3-8,11,14H,9-10,12-13H2,1-2H3/t14-/m1/s1. The molecule has 5 nitrogen and oxygen atoms in total. The molecule has 130 valence electrons. The van der Waals surface area contributed by atoms with E-state index in [1.165, 1.54) is 23.0 Å². The Morgan fingerprint density at radius 3 is 2.64 bits per heavy atom. The topological polar surface area (TPSA) is 41.5 Å². The van der Waals surface area contributed by atoms with Crippen molar-refractivity contribution in [3.63, 3.8) is 0 Å². The van der Waals surface area contributed by atoms with E-state index in [9.17, 15) is 0 Å². The minimum Gasteiger partial charge on any atom is -0.497 e. The number of fused-ring (bicyclic) bond motifs is 1. The lowest BCUT2D eigenvalue weighted by molar-refractivity contribution is 0.181. The smallest absolute Gasteiger partial charge is 0.119 e. The van der Waals surface area contributed by atoms with Gasteiger partial charge in [-0.3, -0.25) is 4.90 Å². The van der Waals surface area contributed by atoms with Crippen molar-refractivity contribution in [2.45, 2.75) is 19.5 Å². The lowest BCUT2D eigenvalue weighted by atomic mass is 10.1. The molecule has 2 heterocycles. The average Bonchev–Trinajstić information content (AvgIpc) is 3.11. The van der Waals surface area contributed by atoms with E-state index in [0.717, 1.165) is 43.0 Å². The van der Waals surface area contributed by atoms with E-state index < -0.39 is 0 Å². The van der Waals surface area contributed by atoms with Gasteiger partial charge in [-0.2, -0.15) is 8.75 Å². The molecule has 0 aliphatic carbocycles. The Bertz CT molecular complexity index is 848. The molecule has 4 rings (SSSR count). The molecule has 0 N–H and O–H groups in total. The van der Waals surface area contributed by atoms with Crippen LogP contribution < -0.4 is 9.64 Å². The number of anilines is 1. The first kappa shape index (κ1) is 16.3. The Labute approximate surface area is 152 Å². The van der Waals surface area contributed by atoms with Crippen LogP contribution in [0.5, 0.6) is 5.75 Å². The van der Waals surface area contributed by atoms with Crippen LogP contribution in [0.4, 0.5) is 5.69 Å². The first-order chi connectivity index (χ1) is 12.2. The Morgan fingerprint density at radius 1 is 1.08 bits per heavy atom. The molecule has 0 saturated carbocycles. The van der Waals surface area contributed by atoms with Gasteiger partial charge in [0.05, 0.1) is 18.8 Å². The number of benzene rings is 2. The van der Waals surface area contributed by atoms with Crippen molar-refractivity contribution in [3.8, 4) is 5.75 Å². The van der Waals surface area contributed by atoms with Gasteiger partial charge < -0.3 is 9.64 Å². The Balaban J connectivity index is 1.42. The molecule has 0 amide bonds. The summed E-state index contributed by atoms with van der Waals surface area (Å²) in [6, 6.07) is 15.3. The molecule has 0 spiro atoms. The normalized spacial score (nSPS) is 18.6. The number of ether oxygens (including phenoxy) is 1. The number of hydrogen-bond acceptors (Lipinski definition) is 6. The van der Waals surface area contributed by atoms with E-state index in [-0.39, 0.29) is 0 Å². The molecular formula is C19H22N4OS. The number of methoxy groups -OCH3 is 1. The first-order valence-corrected chi connectivity index (χ1v) is 9.30. The lowest BCUT2D eigenvalue weighted by Crippen LogP contribution is -2.51. The molecule has 2 aromatic carbocycles. The van der Waals surface area contributed by atoms with Crippen LogP contribution in [0.15, 0.2) is 42.5 Å². The molecule has 25 heavy (non-hydrogen) atoms. The van der Waals surface area contributed by atoms with Gasteiger partial charge >= 0.3 is 0 Å². The van der Waals surface area contributed by atoms with Gasteiger partial charge in [-0.05, 0) is 48.9 Å². The number of aromatic nitrogens is 2. The molecule has 1 saturated heterocycles. The van der Waals surface area contributed by atoms with Crippen LogP contribution >= 0.6 is 11.7 Å². The van der Waals surface area contributed by atoms with Crippen molar-refractivity contribution in [2.24, 2.45) is 0 Å². The monoisotopic (exact) mass is 354 g/mol. The van der Waals surface area contributed by atoms with E-state index in [1.807, 2.05) is 12.1 Å². The zero-order valence-electron chi connectivity index (χ0n) is 14.6. The zero-order chi connectivity index (χ0) is 17.2. The predicted octanol–water partition coefficient (Wildman–Crippen LogP) is 3.41. The van der Waals surface area contributed by atoms with Gasteiger partial charge in [0.1, 0.15) is 16.8 Å². The predicted molar refractivity (Wildman–Crippen MR) is 102 cm³/mol. The minimum atomic E-state index is 0.500. The quantitative estimate of drug-likeness (QED) is 0.718. The summed E-state index contributed by atoms with van der Waals surface area (Å²) in [5, 5.41) is 0. The SMILES string of the molecule is COc1ccc(N2CCN(Cc3ccc4nsnc4c3)[C@H](C)C2)cc1. The van der Waals surface area contributed by atoms with Crippen LogP contribution in [-0.2, 0) is 6.54 Å². The van der Waals surface area contributed by atoms with Crippen LogP contribution in [0.1, 0.15) is 12.5 Å². The first-order valence-electron chi connectivity index (χ1n) is 8.57. The number of piperazine rings is 1. The molecule has 3 aromatic rings. The van der Waals surface area contributed by atoms with Crippen molar-refractivity contribution >= 4 is 28.4 Å². The third-order valence-corrected chi connectivity index (χ3v) is 5.46. The lowest BCUT2D eigenvalue weighted by Gasteiger charge is -2.41.